The standard InChI is InChI=1S/C16H17NO3S/c1-12-10-14-4-2-3-5-16(14)17(12)21(19,20)15-8-6-13(11-18)7-9-15/h2-9,12,18H,10-11H2,1H3. The van der Waals surface area contributed by atoms with E-state index >= 15 is 0 Å². The highest BCUT2D eigenvalue weighted by atomic mass is 32.2. The highest BCUT2D eigenvalue weighted by molar-refractivity contribution is 7.92. The lowest BCUT2D eigenvalue weighted by atomic mass is 10.1. The molecule has 1 unspecified atom stereocenters. The van der Waals surface area contributed by atoms with Crippen molar-refractivity contribution in [1.82, 2.24) is 0 Å². The lowest BCUT2D eigenvalue weighted by Gasteiger charge is -2.24. The number of anilines is 1. The summed E-state index contributed by atoms with van der Waals surface area (Å²) >= 11 is 0. The average Bonchev–Trinajstić information content (AvgIpc) is 2.83. The van der Waals surface area contributed by atoms with Gasteiger partial charge in [0.15, 0.2) is 0 Å². The van der Waals surface area contributed by atoms with Gasteiger partial charge >= 0.3 is 0 Å². The number of fused-ring (bicyclic) bond motifs is 1. The molecule has 1 N–H and O–H groups in total. The van der Waals surface area contributed by atoms with Gasteiger partial charge in [-0.05, 0) is 42.7 Å². The van der Waals surface area contributed by atoms with Crippen molar-refractivity contribution in [3.63, 3.8) is 0 Å². The molecule has 2 aromatic rings. The summed E-state index contributed by atoms with van der Waals surface area (Å²) in [6.07, 6.45) is 0.726. The van der Waals surface area contributed by atoms with Gasteiger partial charge in [-0.15, -0.1) is 0 Å². The molecule has 3 rings (SSSR count). The average molecular weight is 303 g/mol. The van der Waals surface area contributed by atoms with Gasteiger partial charge in [-0.1, -0.05) is 30.3 Å². The van der Waals surface area contributed by atoms with Crippen LogP contribution in [0, 0.1) is 0 Å². The van der Waals surface area contributed by atoms with Crippen molar-refractivity contribution in [2.75, 3.05) is 4.31 Å². The Morgan fingerprint density at radius 3 is 2.48 bits per heavy atom. The first kappa shape index (κ1) is 14.1. The van der Waals surface area contributed by atoms with Gasteiger partial charge in [-0.25, -0.2) is 8.42 Å². The first-order chi connectivity index (χ1) is 10.0. The van der Waals surface area contributed by atoms with E-state index in [1.54, 1.807) is 24.3 Å². The van der Waals surface area contributed by atoms with Crippen LogP contribution in [0.5, 0.6) is 0 Å². The maximum atomic E-state index is 12.9. The SMILES string of the molecule is CC1Cc2ccccc2N1S(=O)(=O)c1ccc(CO)cc1. The third kappa shape index (κ3) is 2.32. The topological polar surface area (TPSA) is 57.6 Å². The molecule has 21 heavy (non-hydrogen) atoms. The number of rotatable bonds is 3. The summed E-state index contributed by atoms with van der Waals surface area (Å²) in [5.41, 5.74) is 2.51. The highest BCUT2D eigenvalue weighted by Gasteiger charge is 2.35. The predicted molar refractivity (Wildman–Crippen MR) is 81.6 cm³/mol. The van der Waals surface area contributed by atoms with E-state index in [0.29, 0.717) is 5.56 Å². The Balaban J connectivity index is 2.05. The second kappa shape index (κ2) is 5.16. The van der Waals surface area contributed by atoms with Crippen molar-refractivity contribution in [2.45, 2.75) is 30.9 Å². The number of aliphatic hydroxyl groups excluding tert-OH is 1. The first-order valence-corrected chi connectivity index (χ1v) is 8.30. The molecule has 0 saturated carbocycles. The fraction of sp³-hybridized carbons (Fsp3) is 0.250. The summed E-state index contributed by atoms with van der Waals surface area (Å²) in [4.78, 5) is 0.253. The molecule has 0 radical (unpaired) electrons. The quantitative estimate of drug-likeness (QED) is 0.946. The van der Waals surface area contributed by atoms with Crippen molar-refractivity contribution < 1.29 is 13.5 Å². The van der Waals surface area contributed by atoms with Gasteiger partial charge < -0.3 is 5.11 Å². The Bertz CT molecular complexity index is 753. The molecule has 1 aliphatic heterocycles. The van der Waals surface area contributed by atoms with Gasteiger partial charge in [0, 0.05) is 6.04 Å². The van der Waals surface area contributed by atoms with Crippen LogP contribution >= 0.6 is 0 Å². The Kier molecular flexibility index (Phi) is 3.47. The summed E-state index contributed by atoms with van der Waals surface area (Å²) in [6, 6.07) is 13.9. The van der Waals surface area contributed by atoms with Crippen LogP contribution in [0.4, 0.5) is 5.69 Å². The van der Waals surface area contributed by atoms with Crippen molar-refractivity contribution in [2.24, 2.45) is 0 Å². The molecule has 1 atom stereocenters. The van der Waals surface area contributed by atoms with Gasteiger partial charge in [-0.2, -0.15) is 0 Å². The van der Waals surface area contributed by atoms with Crippen LogP contribution in [-0.4, -0.2) is 19.6 Å². The van der Waals surface area contributed by atoms with Gasteiger partial charge in [-0.3, -0.25) is 4.31 Å². The van der Waals surface area contributed by atoms with E-state index in [2.05, 4.69) is 0 Å². The van der Waals surface area contributed by atoms with E-state index < -0.39 is 10.0 Å². The zero-order valence-electron chi connectivity index (χ0n) is 11.7. The molecule has 1 heterocycles. The smallest absolute Gasteiger partial charge is 0.264 e. The summed E-state index contributed by atoms with van der Waals surface area (Å²) in [5, 5.41) is 9.06. The van der Waals surface area contributed by atoms with Crippen molar-refractivity contribution in [3.05, 3.63) is 59.7 Å². The van der Waals surface area contributed by atoms with Crippen LogP contribution in [-0.2, 0) is 23.1 Å². The molecular weight excluding hydrogens is 286 g/mol. The molecular formula is C16H17NO3S. The molecule has 1 aliphatic rings. The van der Waals surface area contributed by atoms with E-state index in [1.165, 1.54) is 4.31 Å². The highest BCUT2D eigenvalue weighted by Crippen LogP contribution is 2.36. The van der Waals surface area contributed by atoms with Gasteiger partial charge in [0.1, 0.15) is 0 Å². The lowest BCUT2D eigenvalue weighted by molar-refractivity contribution is 0.282. The monoisotopic (exact) mass is 303 g/mol. The summed E-state index contributed by atoms with van der Waals surface area (Å²) in [6.45, 7) is 1.82. The Morgan fingerprint density at radius 1 is 1.14 bits per heavy atom. The maximum absolute atomic E-state index is 12.9. The number of hydrogen-bond donors (Lipinski definition) is 1. The normalized spacial score (nSPS) is 17.8. The van der Waals surface area contributed by atoms with E-state index in [1.807, 2.05) is 31.2 Å². The lowest BCUT2D eigenvalue weighted by Crippen LogP contribution is -2.35. The Hall–Kier alpha value is -1.85. The van der Waals surface area contributed by atoms with E-state index in [0.717, 1.165) is 17.7 Å². The molecule has 0 spiro atoms. The van der Waals surface area contributed by atoms with E-state index in [-0.39, 0.29) is 17.5 Å². The van der Waals surface area contributed by atoms with Crippen LogP contribution in [0.3, 0.4) is 0 Å². The van der Waals surface area contributed by atoms with Crippen LogP contribution in [0.15, 0.2) is 53.4 Å². The number of sulfonamides is 1. The number of hydrogen-bond acceptors (Lipinski definition) is 3. The number of para-hydroxylation sites is 1. The molecule has 5 heteroatoms. The summed E-state index contributed by atoms with van der Waals surface area (Å²) < 4.78 is 27.2. The minimum atomic E-state index is -3.57. The van der Waals surface area contributed by atoms with Crippen molar-refractivity contribution >= 4 is 15.7 Å². The van der Waals surface area contributed by atoms with Gasteiger partial charge in [0.25, 0.3) is 10.0 Å². The zero-order chi connectivity index (χ0) is 15.0. The molecule has 0 amide bonds. The summed E-state index contributed by atoms with van der Waals surface area (Å²) in [5.74, 6) is 0. The van der Waals surface area contributed by atoms with E-state index in [4.69, 9.17) is 5.11 Å². The zero-order valence-corrected chi connectivity index (χ0v) is 12.5. The van der Waals surface area contributed by atoms with Gasteiger partial charge in [0.2, 0.25) is 0 Å². The molecule has 2 aromatic carbocycles. The van der Waals surface area contributed by atoms with Crippen LogP contribution in [0.1, 0.15) is 18.1 Å². The van der Waals surface area contributed by atoms with Crippen LogP contribution in [0.25, 0.3) is 0 Å². The molecule has 0 aliphatic carbocycles. The fourth-order valence-electron chi connectivity index (χ4n) is 2.78. The maximum Gasteiger partial charge on any atom is 0.264 e. The Morgan fingerprint density at radius 2 is 1.81 bits per heavy atom. The minimum Gasteiger partial charge on any atom is -0.392 e. The third-order valence-electron chi connectivity index (χ3n) is 3.81. The second-order valence-corrected chi connectivity index (χ2v) is 7.10. The third-order valence-corrected chi connectivity index (χ3v) is 5.75. The largest absolute Gasteiger partial charge is 0.392 e. The van der Waals surface area contributed by atoms with Crippen LogP contribution < -0.4 is 4.31 Å². The predicted octanol–water partition coefficient (Wildman–Crippen LogP) is 2.32. The Labute approximate surface area is 124 Å². The summed E-state index contributed by atoms with van der Waals surface area (Å²) in [7, 11) is -3.57. The fourth-order valence-corrected chi connectivity index (χ4v) is 4.48. The van der Waals surface area contributed by atoms with Crippen molar-refractivity contribution in [1.29, 1.82) is 0 Å². The molecule has 0 fully saturated rings. The molecule has 0 bridgehead atoms. The van der Waals surface area contributed by atoms with Gasteiger partial charge in [0.05, 0.1) is 17.2 Å². The molecule has 4 nitrogen and oxygen atoms in total. The first-order valence-electron chi connectivity index (χ1n) is 6.86. The molecule has 110 valence electrons. The second-order valence-electron chi connectivity index (χ2n) is 5.28. The molecule has 0 saturated heterocycles. The number of benzene rings is 2. The van der Waals surface area contributed by atoms with E-state index in [9.17, 15) is 8.42 Å². The van der Waals surface area contributed by atoms with Crippen molar-refractivity contribution in [3.8, 4) is 0 Å². The molecule has 0 aromatic heterocycles. The van der Waals surface area contributed by atoms with Crippen LogP contribution in [0.2, 0.25) is 0 Å². The number of nitrogens with zero attached hydrogens (tertiary/aromatic N) is 1. The minimum absolute atomic E-state index is 0.0927. The number of aliphatic hydroxyl groups is 1.